The maximum absolute atomic E-state index is 12.4. The van der Waals surface area contributed by atoms with Crippen molar-refractivity contribution in [1.29, 1.82) is 0 Å². The first kappa shape index (κ1) is 19.4. The topological polar surface area (TPSA) is 76.9 Å². The van der Waals surface area contributed by atoms with Crippen LogP contribution in [0.15, 0.2) is 69.9 Å². The minimum Gasteiger partial charge on any atom is -0.302 e. The Balaban J connectivity index is 1.36. The van der Waals surface area contributed by atoms with Crippen molar-refractivity contribution >= 4 is 45.0 Å². The number of benzene rings is 2. The van der Waals surface area contributed by atoms with Crippen LogP contribution in [-0.4, -0.2) is 26.2 Å². The lowest BCUT2D eigenvalue weighted by Crippen LogP contribution is -2.20. The highest BCUT2D eigenvalue weighted by atomic mass is 32.2. The molecule has 0 unspecified atom stereocenters. The van der Waals surface area contributed by atoms with Gasteiger partial charge in [-0.15, -0.1) is 11.3 Å². The van der Waals surface area contributed by atoms with E-state index in [-0.39, 0.29) is 11.5 Å². The molecule has 2 aromatic heterocycles. The van der Waals surface area contributed by atoms with Gasteiger partial charge in [-0.05, 0) is 12.1 Å². The molecule has 4 rings (SSSR count). The number of amides is 1. The molecule has 146 valence electrons. The molecule has 1 N–H and O–H groups in total. The molecule has 0 fully saturated rings. The number of carbonyl (C=O) groups excluding carboxylic acids is 1. The molecule has 0 aliphatic carbocycles. The van der Waals surface area contributed by atoms with Gasteiger partial charge >= 0.3 is 0 Å². The number of hydrogen-bond acceptors (Lipinski definition) is 6. The van der Waals surface area contributed by atoms with Crippen LogP contribution in [0.5, 0.6) is 0 Å². The van der Waals surface area contributed by atoms with Crippen LogP contribution in [0.3, 0.4) is 0 Å². The van der Waals surface area contributed by atoms with Crippen LogP contribution >= 0.6 is 23.1 Å². The molecule has 0 spiro atoms. The fourth-order valence-corrected chi connectivity index (χ4v) is 4.46. The molecule has 4 aromatic rings. The van der Waals surface area contributed by atoms with Gasteiger partial charge in [0.2, 0.25) is 5.91 Å². The summed E-state index contributed by atoms with van der Waals surface area (Å²) < 4.78 is 1.53. The maximum atomic E-state index is 12.4. The lowest BCUT2D eigenvalue weighted by Gasteiger charge is -2.08. The molecular formula is C21H18N4O2S2. The van der Waals surface area contributed by atoms with E-state index < -0.39 is 0 Å². The number of anilines is 1. The SMILES string of the molecule is Cn1c(SCCC(=O)Nc2nc(-c3ccccc3)cs2)nc2ccccc2c1=O. The van der Waals surface area contributed by atoms with E-state index in [9.17, 15) is 9.59 Å². The molecule has 0 aliphatic rings. The van der Waals surface area contributed by atoms with Crippen LogP contribution in [0.4, 0.5) is 5.13 Å². The van der Waals surface area contributed by atoms with Gasteiger partial charge in [0.05, 0.1) is 16.6 Å². The number of fused-ring (bicyclic) bond motifs is 1. The zero-order valence-electron chi connectivity index (χ0n) is 15.7. The number of aromatic nitrogens is 3. The van der Waals surface area contributed by atoms with E-state index in [2.05, 4.69) is 15.3 Å². The van der Waals surface area contributed by atoms with Crippen molar-refractivity contribution in [1.82, 2.24) is 14.5 Å². The van der Waals surface area contributed by atoms with E-state index >= 15 is 0 Å². The Kier molecular flexibility index (Phi) is 5.73. The molecule has 0 aliphatic heterocycles. The van der Waals surface area contributed by atoms with Crippen LogP contribution in [0.2, 0.25) is 0 Å². The number of nitrogens with one attached hydrogen (secondary N) is 1. The summed E-state index contributed by atoms with van der Waals surface area (Å²) in [6.45, 7) is 0. The largest absolute Gasteiger partial charge is 0.302 e. The summed E-state index contributed by atoms with van der Waals surface area (Å²) in [6.07, 6.45) is 0.299. The third-order valence-electron chi connectivity index (χ3n) is 4.32. The van der Waals surface area contributed by atoms with Crippen LogP contribution in [0, 0.1) is 0 Å². The number of rotatable bonds is 6. The van der Waals surface area contributed by atoms with Crippen LogP contribution in [-0.2, 0) is 11.8 Å². The van der Waals surface area contributed by atoms with E-state index in [0.717, 1.165) is 11.3 Å². The van der Waals surface area contributed by atoms with Crippen molar-refractivity contribution < 1.29 is 4.79 Å². The van der Waals surface area contributed by atoms with Crippen molar-refractivity contribution in [3.05, 3.63) is 70.3 Å². The average Bonchev–Trinajstić information content (AvgIpc) is 3.20. The first-order valence-electron chi connectivity index (χ1n) is 9.01. The molecule has 0 bridgehead atoms. The molecule has 8 heteroatoms. The third-order valence-corrected chi connectivity index (χ3v) is 6.11. The van der Waals surface area contributed by atoms with E-state index in [1.165, 1.54) is 27.7 Å². The highest BCUT2D eigenvalue weighted by molar-refractivity contribution is 7.99. The van der Waals surface area contributed by atoms with E-state index in [0.29, 0.717) is 33.4 Å². The second-order valence-corrected chi connectivity index (χ2v) is 8.25. The van der Waals surface area contributed by atoms with Gasteiger partial charge in [-0.2, -0.15) is 0 Å². The first-order chi connectivity index (χ1) is 14.1. The van der Waals surface area contributed by atoms with Crippen molar-refractivity contribution in [3.8, 4) is 11.3 Å². The van der Waals surface area contributed by atoms with Gasteiger partial charge in [-0.25, -0.2) is 9.97 Å². The van der Waals surface area contributed by atoms with Crippen molar-refractivity contribution in [2.75, 3.05) is 11.1 Å². The van der Waals surface area contributed by atoms with Crippen molar-refractivity contribution in [2.24, 2.45) is 7.05 Å². The predicted molar refractivity (Wildman–Crippen MR) is 119 cm³/mol. The standard InChI is InChI=1S/C21H18N4O2S2/c1-25-19(27)15-9-5-6-10-16(15)23-21(25)28-12-11-18(26)24-20-22-17(13-29-20)14-7-3-2-4-8-14/h2-10,13H,11-12H2,1H3,(H,22,24,26). The lowest BCUT2D eigenvalue weighted by molar-refractivity contribution is -0.115. The zero-order valence-corrected chi connectivity index (χ0v) is 17.3. The second kappa shape index (κ2) is 8.59. The second-order valence-electron chi connectivity index (χ2n) is 6.33. The monoisotopic (exact) mass is 422 g/mol. The molecule has 2 heterocycles. The fourth-order valence-electron chi connectivity index (χ4n) is 2.82. The molecule has 0 saturated carbocycles. The van der Waals surface area contributed by atoms with E-state index in [1.807, 2.05) is 53.9 Å². The van der Waals surface area contributed by atoms with Gasteiger partial charge in [0.15, 0.2) is 10.3 Å². The highest BCUT2D eigenvalue weighted by Gasteiger charge is 2.11. The summed E-state index contributed by atoms with van der Waals surface area (Å²) in [5, 5.41) is 6.54. The Morgan fingerprint density at radius 3 is 2.69 bits per heavy atom. The van der Waals surface area contributed by atoms with Crippen LogP contribution in [0.1, 0.15) is 6.42 Å². The lowest BCUT2D eigenvalue weighted by atomic mass is 10.2. The van der Waals surface area contributed by atoms with Gasteiger partial charge in [0.1, 0.15) is 0 Å². The smallest absolute Gasteiger partial charge is 0.261 e. The highest BCUT2D eigenvalue weighted by Crippen LogP contribution is 2.25. The first-order valence-corrected chi connectivity index (χ1v) is 10.9. The quantitative estimate of drug-likeness (QED) is 0.373. The van der Waals surface area contributed by atoms with Gasteiger partial charge in [0.25, 0.3) is 5.56 Å². The van der Waals surface area contributed by atoms with Crippen molar-refractivity contribution in [3.63, 3.8) is 0 Å². The Hall–Kier alpha value is -2.97. The summed E-state index contributed by atoms with van der Waals surface area (Å²) in [4.78, 5) is 33.7. The molecule has 29 heavy (non-hydrogen) atoms. The Morgan fingerprint density at radius 1 is 1.10 bits per heavy atom. The normalized spacial score (nSPS) is 10.9. The number of hydrogen-bond donors (Lipinski definition) is 1. The molecule has 2 aromatic carbocycles. The van der Waals surface area contributed by atoms with Crippen LogP contribution in [0.25, 0.3) is 22.2 Å². The Morgan fingerprint density at radius 2 is 1.86 bits per heavy atom. The number of thiazole rings is 1. The number of carbonyl (C=O) groups is 1. The summed E-state index contributed by atoms with van der Waals surface area (Å²) in [5.41, 5.74) is 2.44. The van der Waals surface area contributed by atoms with Gasteiger partial charge < -0.3 is 5.32 Å². The van der Waals surface area contributed by atoms with Crippen molar-refractivity contribution in [2.45, 2.75) is 11.6 Å². The zero-order chi connectivity index (χ0) is 20.2. The molecule has 0 atom stereocenters. The summed E-state index contributed by atoms with van der Waals surface area (Å²) in [7, 11) is 1.70. The van der Waals surface area contributed by atoms with E-state index in [4.69, 9.17) is 0 Å². The maximum Gasteiger partial charge on any atom is 0.261 e. The molecular weight excluding hydrogens is 404 g/mol. The van der Waals surface area contributed by atoms with Gasteiger partial charge in [0, 0.05) is 30.2 Å². The minimum atomic E-state index is -0.114. The molecule has 1 amide bonds. The third kappa shape index (κ3) is 4.38. The Bertz CT molecular complexity index is 1220. The molecule has 0 saturated heterocycles. The summed E-state index contributed by atoms with van der Waals surface area (Å²) >= 11 is 2.79. The molecule has 6 nitrogen and oxygen atoms in total. The Labute approximate surface area is 175 Å². The number of thioether (sulfide) groups is 1. The number of nitrogens with zero attached hydrogens (tertiary/aromatic N) is 3. The van der Waals surface area contributed by atoms with Crippen LogP contribution < -0.4 is 10.9 Å². The van der Waals surface area contributed by atoms with Gasteiger partial charge in [-0.3, -0.25) is 14.2 Å². The number of para-hydroxylation sites is 1. The minimum absolute atomic E-state index is 0.0845. The summed E-state index contributed by atoms with van der Waals surface area (Å²) in [6, 6.07) is 17.1. The molecule has 0 radical (unpaired) electrons. The predicted octanol–water partition coefficient (Wildman–Crippen LogP) is 4.18. The van der Waals surface area contributed by atoms with E-state index in [1.54, 1.807) is 13.1 Å². The summed E-state index contributed by atoms with van der Waals surface area (Å²) in [5.74, 6) is 0.402. The van der Waals surface area contributed by atoms with Gasteiger partial charge in [-0.1, -0.05) is 54.2 Å². The fraction of sp³-hybridized carbons (Fsp3) is 0.143. The average molecular weight is 423 g/mol.